The molecule has 0 spiro atoms. The Morgan fingerprint density at radius 3 is 2.42 bits per heavy atom. The highest BCUT2D eigenvalue weighted by Gasteiger charge is 2.44. The predicted octanol–water partition coefficient (Wildman–Crippen LogP) is -0.0385. The fourth-order valence-corrected chi connectivity index (χ4v) is 3.81. The first-order valence-electron chi connectivity index (χ1n) is 5.83. The van der Waals surface area contributed by atoms with Gasteiger partial charge < -0.3 is 14.8 Å². The zero-order chi connectivity index (χ0) is 14.4. The zero-order valence-electron chi connectivity index (χ0n) is 10.7. The van der Waals surface area contributed by atoms with Gasteiger partial charge in [-0.05, 0) is 19.9 Å². The van der Waals surface area contributed by atoms with Crippen molar-refractivity contribution in [2.24, 2.45) is 0 Å². The molecule has 2 rings (SSSR count). The maximum atomic E-state index is 12.2. The number of carboxylic acid groups (broad SMARTS) is 1. The lowest BCUT2D eigenvalue weighted by atomic mass is 10.0. The minimum absolute atomic E-state index is 0.0229. The van der Waals surface area contributed by atoms with Crippen LogP contribution < -0.4 is 0 Å². The highest BCUT2D eigenvalue weighted by atomic mass is 32.2. The van der Waals surface area contributed by atoms with E-state index in [0.29, 0.717) is 6.54 Å². The van der Waals surface area contributed by atoms with Crippen molar-refractivity contribution in [1.82, 2.24) is 8.87 Å². The molecule has 1 aliphatic rings. The van der Waals surface area contributed by atoms with Crippen LogP contribution in [0.2, 0.25) is 0 Å². The first kappa shape index (κ1) is 14.0. The summed E-state index contributed by atoms with van der Waals surface area (Å²) < 4.78 is 26.9. The molecular formula is C11H16N2O5S. The normalized spacial score (nSPS) is 19.1. The molecule has 0 aliphatic carbocycles. The van der Waals surface area contributed by atoms with Gasteiger partial charge in [0.25, 0.3) is 0 Å². The summed E-state index contributed by atoms with van der Waals surface area (Å²) in [6, 6.07) is 1.15. The predicted molar refractivity (Wildman–Crippen MR) is 66.4 cm³/mol. The molecule has 0 atom stereocenters. The summed E-state index contributed by atoms with van der Waals surface area (Å²) in [5.41, 5.74) is -1.07. The van der Waals surface area contributed by atoms with Gasteiger partial charge in [0.05, 0.1) is 5.60 Å². The molecule has 2 heterocycles. The van der Waals surface area contributed by atoms with Gasteiger partial charge in [0.2, 0.25) is 10.0 Å². The average Bonchev–Trinajstić information content (AvgIpc) is 2.70. The summed E-state index contributed by atoms with van der Waals surface area (Å²) in [7, 11) is -3.73. The number of hydrogen-bond donors (Lipinski definition) is 2. The van der Waals surface area contributed by atoms with Crippen LogP contribution >= 0.6 is 0 Å². The molecule has 1 saturated heterocycles. The second-order valence-electron chi connectivity index (χ2n) is 4.92. The summed E-state index contributed by atoms with van der Waals surface area (Å²) in [6.07, 6.45) is 1.31. The lowest BCUT2D eigenvalue weighted by molar-refractivity contribution is -0.0426. The average molecular weight is 288 g/mol. The Morgan fingerprint density at radius 1 is 1.47 bits per heavy atom. The second-order valence-corrected chi connectivity index (χ2v) is 6.86. The van der Waals surface area contributed by atoms with E-state index >= 15 is 0 Å². The fraction of sp³-hybridized carbons (Fsp3) is 0.545. The third-order valence-electron chi connectivity index (χ3n) is 3.10. The molecule has 8 heteroatoms. The van der Waals surface area contributed by atoms with Crippen molar-refractivity contribution in [2.75, 3.05) is 13.1 Å². The molecule has 0 bridgehead atoms. The number of nitrogens with zero attached hydrogens (tertiary/aromatic N) is 2. The van der Waals surface area contributed by atoms with Crippen molar-refractivity contribution in [3.63, 3.8) is 0 Å². The lowest BCUT2D eigenvalue weighted by Crippen LogP contribution is -2.61. The van der Waals surface area contributed by atoms with Gasteiger partial charge in [-0.15, -0.1) is 0 Å². The lowest BCUT2D eigenvalue weighted by Gasteiger charge is -2.42. The van der Waals surface area contributed by atoms with Crippen molar-refractivity contribution >= 4 is 16.0 Å². The smallest absolute Gasteiger partial charge is 0.352 e. The Hall–Kier alpha value is -1.38. The van der Waals surface area contributed by atoms with E-state index < -0.39 is 21.6 Å². The van der Waals surface area contributed by atoms with Crippen molar-refractivity contribution in [1.29, 1.82) is 0 Å². The maximum Gasteiger partial charge on any atom is 0.352 e. The molecule has 1 aromatic heterocycles. The Bertz CT molecular complexity index is 609. The van der Waals surface area contributed by atoms with Crippen molar-refractivity contribution in [3.8, 4) is 0 Å². The molecule has 1 fully saturated rings. The molecule has 0 aromatic carbocycles. The Kier molecular flexibility index (Phi) is 3.20. The van der Waals surface area contributed by atoms with E-state index in [1.165, 1.54) is 10.8 Å². The summed E-state index contributed by atoms with van der Waals surface area (Å²) in [4.78, 5) is 11.0. The number of carbonyl (C=O) groups is 1. The van der Waals surface area contributed by atoms with E-state index in [2.05, 4.69) is 0 Å². The molecule has 0 unspecified atom stereocenters. The van der Waals surface area contributed by atoms with Crippen molar-refractivity contribution in [3.05, 3.63) is 18.0 Å². The molecule has 2 N–H and O–H groups in total. The second kappa shape index (κ2) is 4.32. The molecule has 1 aliphatic heterocycles. The van der Waals surface area contributed by atoms with E-state index in [4.69, 9.17) is 5.11 Å². The van der Waals surface area contributed by atoms with Gasteiger partial charge in [-0.25, -0.2) is 13.2 Å². The van der Waals surface area contributed by atoms with Crippen LogP contribution in [0.15, 0.2) is 17.2 Å². The molecule has 0 radical (unpaired) electrons. The standard InChI is InChI=1S/C11H16N2O5S/c1-3-12-5-8(4-9(12)10(14)15)19(17,18)13-6-11(2,16)7-13/h4-5,16H,3,6-7H2,1-2H3,(H,14,15). The number of rotatable bonds is 4. The maximum absolute atomic E-state index is 12.2. The number of aryl methyl sites for hydroxylation is 1. The number of aromatic carboxylic acids is 1. The molecule has 19 heavy (non-hydrogen) atoms. The van der Waals surface area contributed by atoms with Crippen LogP contribution in [0.1, 0.15) is 24.3 Å². The third-order valence-corrected chi connectivity index (χ3v) is 4.86. The molecular weight excluding hydrogens is 272 g/mol. The highest BCUT2D eigenvalue weighted by molar-refractivity contribution is 7.89. The Labute approximate surface area is 111 Å². The van der Waals surface area contributed by atoms with Crippen molar-refractivity contribution < 1.29 is 23.4 Å². The number of carboxylic acids is 1. The SMILES string of the molecule is CCn1cc(S(=O)(=O)N2CC(C)(O)C2)cc1C(=O)O. The van der Waals surface area contributed by atoms with E-state index in [9.17, 15) is 18.3 Å². The summed E-state index contributed by atoms with van der Waals surface area (Å²) >= 11 is 0. The summed E-state index contributed by atoms with van der Waals surface area (Å²) in [5.74, 6) is -1.17. The summed E-state index contributed by atoms with van der Waals surface area (Å²) in [6.45, 7) is 3.70. The van der Waals surface area contributed by atoms with Crippen LogP contribution in [0.3, 0.4) is 0 Å². The van der Waals surface area contributed by atoms with Gasteiger partial charge in [0.15, 0.2) is 0 Å². The van der Waals surface area contributed by atoms with Crippen LogP contribution in [0.25, 0.3) is 0 Å². The van der Waals surface area contributed by atoms with E-state index in [0.717, 1.165) is 10.4 Å². The summed E-state index contributed by atoms with van der Waals surface area (Å²) in [5, 5.41) is 18.6. The fourth-order valence-electron chi connectivity index (χ4n) is 2.10. The van der Waals surface area contributed by atoms with Crippen LogP contribution in [-0.4, -0.2) is 52.2 Å². The van der Waals surface area contributed by atoms with Gasteiger partial charge in [0.1, 0.15) is 10.6 Å². The van der Waals surface area contributed by atoms with E-state index in [-0.39, 0.29) is 23.7 Å². The van der Waals surface area contributed by atoms with Gasteiger partial charge >= 0.3 is 5.97 Å². The molecule has 106 valence electrons. The zero-order valence-corrected chi connectivity index (χ0v) is 11.5. The monoisotopic (exact) mass is 288 g/mol. The van der Waals surface area contributed by atoms with Crippen LogP contribution in [-0.2, 0) is 16.6 Å². The largest absolute Gasteiger partial charge is 0.477 e. The van der Waals surface area contributed by atoms with Gasteiger partial charge in [0, 0.05) is 25.8 Å². The first-order chi connectivity index (χ1) is 8.67. The number of β-amino-alcohol motifs (C(OH)–C–C–N with tert-alkyl or cyclic N) is 1. The van der Waals surface area contributed by atoms with E-state index in [1.807, 2.05) is 0 Å². The molecule has 7 nitrogen and oxygen atoms in total. The third kappa shape index (κ3) is 2.38. The number of hydrogen-bond acceptors (Lipinski definition) is 4. The number of sulfonamides is 1. The first-order valence-corrected chi connectivity index (χ1v) is 7.27. The van der Waals surface area contributed by atoms with E-state index in [1.54, 1.807) is 13.8 Å². The number of aromatic nitrogens is 1. The van der Waals surface area contributed by atoms with Crippen LogP contribution in [0, 0.1) is 0 Å². The number of aliphatic hydroxyl groups is 1. The Balaban J connectivity index is 2.34. The van der Waals surface area contributed by atoms with Gasteiger partial charge in [-0.2, -0.15) is 4.31 Å². The van der Waals surface area contributed by atoms with Gasteiger partial charge in [-0.3, -0.25) is 0 Å². The van der Waals surface area contributed by atoms with Crippen molar-refractivity contribution in [2.45, 2.75) is 30.9 Å². The topological polar surface area (TPSA) is 99.8 Å². The minimum atomic E-state index is -3.73. The van der Waals surface area contributed by atoms with Crippen LogP contribution in [0.4, 0.5) is 0 Å². The molecule has 0 saturated carbocycles. The highest BCUT2D eigenvalue weighted by Crippen LogP contribution is 2.28. The van der Waals surface area contributed by atoms with Crippen LogP contribution in [0.5, 0.6) is 0 Å². The Morgan fingerprint density at radius 2 is 2.05 bits per heavy atom. The minimum Gasteiger partial charge on any atom is -0.477 e. The molecule has 1 aromatic rings. The quantitative estimate of drug-likeness (QED) is 0.810. The molecule has 0 amide bonds. The van der Waals surface area contributed by atoms with Gasteiger partial charge in [-0.1, -0.05) is 0 Å².